The summed E-state index contributed by atoms with van der Waals surface area (Å²) >= 11 is 10.3. The number of ether oxygens (including phenoxy) is 1. The van der Waals surface area contributed by atoms with Gasteiger partial charge in [-0.05, 0) is 32.6 Å². The molecule has 0 aromatic heterocycles. The minimum atomic E-state index is -1.04. The third kappa shape index (κ3) is 3.05. The summed E-state index contributed by atoms with van der Waals surface area (Å²) in [5.74, 6) is 0. The molecule has 0 radical (unpaired) electrons. The lowest BCUT2D eigenvalue weighted by molar-refractivity contribution is -0.0178. The van der Waals surface area contributed by atoms with E-state index in [1.54, 1.807) is 0 Å². The van der Waals surface area contributed by atoms with Gasteiger partial charge >= 0.3 is 0 Å². The molecule has 0 spiro atoms. The van der Waals surface area contributed by atoms with Crippen LogP contribution in [-0.4, -0.2) is 25.7 Å². The van der Waals surface area contributed by atoms with Crippen molar-refractivity contribution in [3.8, 4) is 0 Å². The molecule has 4 heteroatoms. The first-order chi connectivity index (χ1) is 8.38. The first kappa shape index (κ1) is 15.1. The predicted molar refractivity (Wildman–Crippen MR) is 85.5 cm³/mol. The zero-order valence-electron chi connectivity index (χ0n) is 11.7. The van der Waals surface area contributed by atoms with Gasteiger partial charge in [0.2, 0.25) is 0 Å². The highest BCUT2D eigenvalue weighted by Crippen LogP contribution is 2.49. The van der Waals surface area contributed by atoms with Crippen molar-refractivity contribution in [1.29, 1.82) is 0 Å². The molecule has 0 amide bonds. The maximum Gasteiger partial charge on any atom is 0.101 e. The normalized spacial score (nSPS) is 36.2. The first-order valence-corrected chi connectivity index (χ1v) is 11.7. The topological polar surface area (TPSA) is 9.23 Å². The van der Waals surface area contributed by atoms with Crippen LogP contribution in [0.25, 0.3) is 0 Å². The minimum Gasteiger partial charge on any atom is -0.370 e. The molecule has 0 fully saturated rings. The molecule has 0 saturated carbocycles. The van der Waals surface area contributed by atoms with Gasteiger partial charge in [0.25, 0.3) is 0 Å². The lowest BCUT2D eigenvalue weighted by Gasteiger charge is -2.44. The molecule has 0 saturated heterocycles. The maximum atomic E-state index is 6.48. The van der Waals surface area contributed by atoms with Gasteiger partial charge in [-0.15, -0.1) is 11.6 Å². The number of allylic oxidation sites excluding steroid dienone is 1. The van der Waals surface area contributed by atoms with Crippen LogP contribution in [0.5, 0.6) is 0 Å². The van der Waals surface area contributed by atoms with E-state index in [0.717, 1.165) is 25.9 Å². The molecular formula is C14H24BrClOSi. The van der Waals surface area contributed by atoms with E-state index in [1.807, 2.05) is 0 Å². The van der Waals surface area contributed by atoms with Crippen molar-refractivity contribution in [3.63, 3.8) is 0 Å². The Labute approximate surface area is 125 Å². The van der Waals surface area contributed by atoms with Crippen molar-refractivity contribution in [2.24, 2.45) is 0 Å². The van der Waals surface area contributed by atoms with Crippen LogP contribution in [0, 0.1) is 0 Å². The van der Waals surface area contributed by atoms with E-state index in [4.69, 9.17) is 16.3 Å². The summed E-state index contributed by atoms with van der Waals surface area (Å²) in [7, 11) is -1.04. The molecule has 2 bridgehead atoms. The van der Waals surface area contributed by atoms with Crippen molar-refractivity contribution < 1.29 is 4.74 Å². The van der Waals surface area contributed by atoms with Crippen LogP contribution in [0.15, 0.2) is 10.1 Å². The van der Waals surface area contributed by atoms with Gasteiger partial charge < -0.3 is 4.74 Å². The minimum absolute atomic E-state index is 0.112. The van der Waals surface area contributed by atoms with Crippen LogP contribution in [0.3, 0.4) is 0 Å². The number of alkyl halides is 1. The van der Waals surface area contributed by atoms with E-state index >= 15 is 0 Å². The Morgan fingerprint density at radius 1 is 1.44 bits per heavy atom. The van der Waals surface area contributed by atoms with E-state index in [-0.39, 0.29) is 11.0 Å². The summed E-state index contributed by atoms with van der Waals surface area (Å²) in [6, 6.07) is 2.74. The number of hydrogen-bond donors (Lipinski definition) is 0. The van der Waals surface area contributed by atoms with Gasteiger partial charge in [0, 0.05) is 24.5 Å². The monoisotopic (exact) mass is 350 g/mol. The Bertz CT molecular complexity index is 356. The summed E-state index contributed by atoms with van der Waals surface area (Å²) in [5, 5.41) is 0.246. The van der Waals surface area contributed by atoms with E-state index in [2.05, 4.69) is 35.9 Å². The van der Waals surface area contributed by atoms with Crippen molar-refractivity contribution in [2.75, 3.05) is 6.61 Å². The predicted octanol–water partition coefficient (Wildman–Crippen LogP) is 5.31. The Morgan fingerprint density at radius 2 is 2.17 bits per heavy atom. The molecule has 1 aliphatic carbocycles. The number of halogens is 2. The van der Waals surface area contributed by atoms with Gasteiger partial charge in [0.15, 0.2) is 0 Å². The zero-order valence-corrected chi connectivity index (χ0v) is 15.0. The van der Waals surface area contributed by atoms with Crippen molar-refractivity contribution in [3.05, 3.63) is 10.1 Å². The quantitative estimate of drug-likeness (QED) is 0.483. The van der Waals surface area contributed by atoms with Crippen LogP contribution in [0.1, 0.15) is 32.6 Å². The smallest absolute Gasteiger partial charge is 0.101 e. The number of hydrogen-bond acceptors (Lipinski definition) is 1. The van der Waals surface area contributed by atoms with E-state index < -0.39 is 8.07 Å². The highest BCUT2D eigenvalue weighted by molar-refractivity contribution is 9.11. The molecule has 104 valence electrons. The Hall–Kier alpha value is 0.687. The number of fused-ring (bicyclic) bond motifs is 1. The first-order valence-electron chi connectivity index (χ1n) is 7.04. The highest BCUT2D eigenvalue weighted by Gasteiger charge is 2.44. The van der Waals surface area contributed by atoms with Crippen LogP contribution < -0.4 is 0 Å². The standard InChI is InChI=1S/C14H24BrClOSi/c1-4-17-14-6-8-18(2,3)7-5-11(13(14)15)9-12(16)10-14/h12H,4-10H2,1-3H3/t12-,14+/m1/s1. The average molecular weight is 352 g/mol. The number of rotatable bonds is 2. The fraction of sp³-hybridized carbons (Fsp3) is 0.857. The second kappa shape index (κ2) is 5.59. The van der Waals surface area contributed by atoms with Gasteiger partial charge in [-0.3, -0.25) is 0 Å². The summed E-state index contributed by atoms with van der Waals surface area (Å²) in [4.78, 5) is 0. The molecule has 1 nitrogen and oxygen atoms in total. The Balaban J connectivity index is 2.36. The second-order valence-electron chi connectivity index (χ2n) is 6.51. The highest BCUT2D eigenvalue weighted by atomic mass is 79.9. The molecule has 1 heterocycles. The molecule has 0 aromatic rings. The molecule has 0 aromatic carbocycles. The van der Waals surface area contributed by atoms with E-state index in [9.17, 15) is 0 Å². The molecule has 18 heavy (non-hydrogen) atoms. The average Bonchev–Trinajstić information content (AvgIpc) is 2.29. The summed E-state index contributed by atoms with van der Waals surface area (Å²) in [6.45, 7) is 7.89. The van der Waals surface area contributed by atoms with Gasteiger partial charge in [-0.1, -0.05) is 46.7 Å². The SMILES string of the molecule is CCO[C@]12CC[Si](C)(C)CCC(=C1Br)C[C@@H](Cl)C2. The second-order valence-corrected chi connectivity index (χ2v) is 13.3. The molecular weight excluding hydrogens is 328 g/mol. The largest absolute Gasteiger partial charge is 0.370 e. The summed E-state index contributed by atoms with van der Waals surface area (Å²) in [6.07, 6.45) is 4.38. The van der Waals surface area contributed by atoms with Crippen molar-refractivity contribution in [2.45, 2.75) is 68.8 Å². The Morgan fingerprint density at radius 3 is 2.83 bits per heavy atom. The van der Waals surface area contributed by atoms with E-state index in [1.165, 1.54) is 28.6 Å². The van der Waals surface area contributed by atoms with Crippen LogP contribution in [0.2, 0.25) is 25.2 Å². The molecule has 2 rings (SSSR count). The summed E-state index contributed by atoms with van der Waals surface area (Å²) in [5.41, 5.74) is 1.41. The van der Waals surface area contributed by atoms with Crippen LogP contribution in [0.4, 0.5) is 0 Å². The lowest BCUT2D eigenvalue weighted by Crippen LogP contribution is -2.43. The van der Waals surface area contributed by atoms with Gasteiger partial charge in [-0.2, -0.15) is 0 Å². The molecule has 2 atom stereocenters. The van der Waals surface area contributed by atoms with Crippen LogP contribution in [-0.2, 0) is 4.74 Å². The molecule has 1 aliphatic heterocycles. The molecule has 2 aliphatic rings. The lowest BCUT2D eigenvalue weighted by atomic mass is 9.83. The van der Waals surface area contributed by atoms with Crippen molar-refractivity contribution >= 4 is 35.6 Å². The maximum absolute atomic E-state index is 6.48. The van der Waals surface area contributed by atoms with Gasteiger partial charge in [0.05, 0.1) is 0 Å². The molecule has 0 N–H and O–H groups in total. The van der Waals surface area contributed by atoms with E-state index in [0.29, 0.717) is 0 Å². The van der Waals surface area contributed by atoms with Gasteiger partial charge in [-0.25, -0.2) is 0 Å². The third-order valence-electron chi connectivity index (χ3n) is 4.46. The van der Waals surface area contributed by atoms with Crippen LogP contribution >= 0.6 is 27.5 Å². The zero-order chi connectivity index (χ0) is 13.4. The third-order valence-corrected chi connectivity index (χ3v) is 9.26. The fourth-order valence-electron chi connectivity index (χ4n) is 3.25. The fourth-order valence-corrected chi connectivity index (χ4v) is 6.83. The summed E-state index contributed by atoms with van der Waals surface area (Å²) < 4.78 is 7.52. The molecule has 0 unspecified atom stereocenters. The van der Waals surface area contributed by atoms with Gasteiger partial charge in [0.1, 0.15) is 5.60 Å². The Kier molecular flexibility index (Phi) is 4.68. The van der Waals surface area contributed by atoms with Crippen molar-refractivity contribution in [1.82, 2.24) is 0 Å².